The molecule has 4 rings (SSSR count). The molecule has 7 heteroatoms. The first-order valence-corrected chi connectivity index (χ1v) is 9.73. The van der Waals surface area contributed by atoms with E-state index in [0.29, 0.717) is 17.4 Å². The van der Waals surface area contributed by atoms with Crippen molar-refractivity contribution in [1.29, 1.82) is 5.26 Å². The predicted octanol–water partition coefficient (Wildman–Crippen LogP) is 2.92. The van der Waals surface area contributed by atoms with Crippen LogP contribution in [0, 0.1) is 11.3 Å². The molecule has 0 saturated carbocycles. The summed E-state index contributed by atoms with van der Waals surface area (Å²) in [6.07, 6.45) is 5.64. The first kappa shape index (κ1) is 19.0. The summed E-state index contributed by atoms with van der Waals surface area (Å²) in [6, 6.07) is 12.0. The minimum Gasteiger partial charge on any atom is -0.470 e. The van der Waals surface area contributed by atoms with Gasteiger partial charge in [0.15, 0.2) is 0 Å². The highest BCUT2D eigenvalue weighted by Gasteiger charge is 2.21. The van der Waals surface area contributed by atoms with E-state index >= 15 is 0 Å². The fraction of sp³-hybridized carbons (Fsp3) is 0.318. The van der Waals surface area contributed by atoms with E-state index in [1.807, 2.05) is 49.9 Å². The number of ether oxygens (including phenoxy) is 1. The van der Waals surface area contributed by atoms with Crippen molar-refractivity contribution in [3.05, 3.63) is 60.0 Å². The van der Waals surface area contributed by atoms with Gasteiger partial charge in [0.25, 0.3) is 0 Å². The summed E-state index contributed by atoms with van der Waals surface area (Å²) in [6.45, 7) is 4.47. The van der Waals surface area contributed by atoms with Crippen molar-refractivity contribution in [3.8, 4) is 23.1 Å². The molecule has 0 unspecified atom stereocenters. The molecule has 2 atom stereocenters. The van der Waals surface area contributed by atoms with Gasteiger partial charge in [0.2, 0.25) is 5.88 Å². The zero-order valence-corrected chi connectivity index (χ0v) is 16.6. The Morgan fingerprint density at radius 2 is 2.14 bits per heavy atom. The van der Waals surface area contributed by atoms with Crippen molar-refractivity contribution in [2.45, 2.75) is 18.9 Å². The second-order valence-corrected chi connectivity index (χ2v) is 7.39. The van der Waals surface area contributed by atoms with Crippen LogP contribution in [0.2, 0.25) is 0 Å². The zero-order chi connectivity index (χ0) is 20.2. The standard InChI is InChI=1S/C22H24N6O/c1-15(17-5-3-16(8-23)4-6-17)9-24-12-20-13-25-21-7-18(10-26-22(21)29-20)19-11-27-28(2)14-19/h3-7,10-11,14-15,20,24-25H,9,12-13H2,1-2H3/t15-,20+/m0/s1. The van der Waals surface area contributed by atoms with Crippen LogP contribution in [0.15, 0.2) is 48.9 Å². The molecule has 1 aromatic carbocycles. The minimum atomic E-state index is 0.0207. The average Bonchev–Trinajstić information content (AvgIpc) is 3.19. The lowest BCUT2D eigenvalue weighted by atomic mass is 10.00. The number of rotatable bonds is 6. The van der Waals surface area contributed by atoms with E-state index in [2.05, 4.69) is 39.8 Å². The molecule has 0 bridgehead atoms. The lowest BCUT2D eigenvalue weighted by Crippen LogP contribution is -2.40. The van der Waals surface area contributed by atoms with Crippen molar-refractivity contribution in [2.75, 3.05) is 25.0 Å². The van der Waals surface area contributed by atoms with Crippen molar-refractivity contribution in [2.24, 2.45) is 7.05 Å². The summed E-state index contributed by atoms with van der Waals surface area (Å²) in [4.78, 5) is 4.49. The van der Waals surface area contributed by atoms with Crippen LogP contribution in [0.1, 0.15) is 24.0 Å². The van der Waals surface area contributed by atoms with Gasteiger partial charge in [0.05, 0.1) is 30.1 Å². The largest absolute Gasteiger partial charge is 0.470 e. The van der Waals surface area contributed by atoms with Crippen molar-refractivity contribution < 1.29 is 4.74 Å². The Morgan fingerprint density at radius 3 is 2.86 bits per heavy atom. The van der Waals surface area contributed by atoms with Crippen LogP contribution in [0.25, 0.3) is 11.1 Å². The molecule has 2 aromatic heterocycles. The molecule has 0 aliphatic carbocycles. The highest BCUT2D eigenvalue weighted by atomic mass is 16.5. The van der Waals surface area contributed by atoms with Gasteiger partial charge in [-0.15, -0.1) is 0 Å². The maximum Gasteiger partial charge on any atom is 0.237 e. The predicted molar refractivity (Wildman–Crippen MR) is 112 cm³/mol. The van der Waals surface area contributed by atoms with Crippen LogP contribution in [0.5, 0.6) is 5.88 Å². The third-order valence-corrected chi connectivity index (χ3v) is 5.12. The molecule has 2 N–H and O–H groups in total. The van der Waals surface area contributed by atoms with Crippen molar-refractivity contribution in [1.82, 2.24) is 20.1 Å². The summed E-state index contributed by atoms with van der Waals surface area (Å²) in [7, 11) is 1.90. The Balaban J connectivity index is 1.30. The quantitative estimate of drug-likeness (QED) is 0.675. The number of aryl methyl sites for hydroxylation is 1. The lowest BCUT2D eigenvalue weighted by Gasteiger charge is -2.27. The normalized spacial score (nSPS) is 16.2. The second kappa shape index (κ2) is 8.33. The van der Waals surface area contributed by atoms with E-state index in [4.69, 9.17) is 10.00 Å². The van der Waals surface area contributed by atoms with E-state index < -0.39 is 0 Å². The van der Waals surface area contributed by atoms with Crippen LogP contribution >= 0.6 is 0 Å². The smallest absolute Gasteiger partial charge is 0.237 e. The Hall–Kier alpha value is -3.37. The molecule has 0 fully saturated rings. The highest BCUT2D eigenvalue weighted by Crippen LogP contribution is 2.31. The molecule has 148 valence electrons. The van der Waals surface area contributed by atoms with Gasteiger partial charge < -0.3 is 15.4 Å². The Bertz CT molecular complexity index is 1020. The molecule has 7 nitrogen and oxygen atoms in total. The van der Waals surface area contributed by atoms with E-state index in [1.165, 1.54) is 5.56 Å². The van der Waals surface area contributed by atoms with Gasteiger partial charge in [-0.1, -0.05) is 19.1 Å². The first-order chi connectivity index (χ1) is 14.1. The first-order valence-electron chi connectivity index (χ1n) is 9.73. The molecule has 0 saturated heterocycles. The molecule has 29 heavy (non-hydrogen) atoms. The van der Waals surface area contributed by atoms with Gasteiger partial charge in [-0.25, -0.2) is 4.98 Å². The van der Waals surface area contributed by atoms with Crippen LogP contribution in [0.4, 0.5) is 5.69 Å². The molecule has 3 aromatic rings. The van der Waals surface area contributed by atoms with Gasteiger partial charge >= 0.3 is 0 Å². The molecule has 0 spiro atoms. The summed E-state index contributed by atoms with van der Waals surface area (Å²) in [5, 5.41) is 20.0. The number of anilines is 1. The number of nitrogens with one attached hydrogen (secondary N) is 2. The summed E-state index contributed by atoms with van der Waals surface area (Å²) >= 11 is 0. The van der Waals surface area contributed by atoms with Crippen LogP contribution in [-0.4, -0.2) is 40.5 Å². The van der Waals surface area contributed by atoms with Gasteiger partial charge in [0, 0.05) is 43.7 Å². The summed E-state index contributed by atoms with van der Waals surface area (Å²) < 4.78 is 7.83. The lowest BCUT2D eigenvalue weighted by molar-refractivity contribution is 0.193. The van der Waals surface area contributed by atoms with Crippen LogP contribution in [-0.2, 0) is 7.05 Å². The zero-order valence-electron chi connectivity index (χ0n) is 16.6. The Morgan fingerprint density at radius 1 is 1.31 bits per heavy atom. The van der Waals surface area contributed by atoms with Crippen molar-refractivity contribution in [3.63, 3.8) is 0 Å². The number of fused-ring (bicyclic) bond motifs is 1. The number of hydrogen-bond donors (Lipinski definition) is 2. The molecular weight excluding hydrogens is 364 g/mol. The average molecular weight is 388 g/mol. The van der Waals surface area contributed by atoms with Gasteiger partial charge in [-0.05, 0) is 29.7 Å². The number of nitriles is 1. The Labute approximate surface area is 170 Å². The SMILES string of the molecule is C[C@@H](CNC[C@@H]1CNc2cc(-c3cnn(C)c3)cnc2O1)c1ccc(C#N)cc1. The fourth-order valence-corrected chi connectivity index (χ4v) is 3.40. The number of nitrogens with zero attached hydrogens (tertiary/aromatic N) is 4. The highest BCUT2D eigenvalue weighted by molar-refractivity contribution is 5.69. The van der Waals surface area contributed by atoms with E-state index in [9.17, 15) is 0 Å². The third kappa shape index (κ3) is 4.39. The van der Waals surface area contributed by atoms with E-state index in [0.717, 1.165) is 36.4 Å². The fourth-order valence-electron chi connectivity index (χ4n) is 3.40. The van der Waals surface area contributed by atoms with Gasteiger partial charge in [-0.2, -0.15) is 10.4 Å². The number of hydrogen-bond acceptors (Lipinski definition) is 6. The van der Waals surface area contributed by atoms with Crippen molar-refractivity contribution >= 4 is 5.69 Å². The molecule has 0 radical (unpaired) electrons. The minimum absolute atomic E-state index is 0.0207. The molecule has 1 aliphatic heterocycles. The van der Waals surface area contributed by atoms with Crippen LogP contribution < -0.4 is 15.4 Å². The second-order valence-electron chi connectivity index (χ2n) is 7.39. The molecule has 0 amide bonds. The molecule has 3 heterocycles. The maximum absolute atomic E-state index is 8.91. The Kier molecular flexibility index (Phi) is 5.45. The van der Waals surface area contributed by atoms with Gasteiger partial charge in [0.1, 0.15) is 6.10 Å². The molecule has 1 aliphatic rings. The number of aromatic nitrogens is 3. The monoisotopic (exact) mass is 388 g/mol. The van der Waals surface area contributed by atoms with E-state index in [1.54, 1.807) is 4.68 Å². The number of pyridine rings is 1. The topological polar surface area (TPSA) is 87.8 Å². The molecular formula is C22H24N6O. The third-order valence-electron chi connectivity index (χ3n) is 5.12. The summed E-state index contributed by atoms with van der Waals surface area (Å²) in [5.74, 6) is 0.988. The van der Waals surface area contributed by atoms with E-state index in [-0.39, 0.29) is 6.10 Å². The van der Waals surface area contributed by atoms with Crippen LogP contribution in [0.3, 0.4) is 0 Å². The number of benzene rings is 1. The van der Waals surface area contributed by atoms with Gasteiger partial charge in [-0.3, -0.25) is 4.68 Å². The summed E-state index contributed by atoms with van der Waals surface area (Å²) in [5.41, 5.74) is 4.86. The maximum atomic E-state index is 8.91.